The molecule has 3 aromatic rings. The molecule has 0 unspecified atom stereocenters. The Balaban J connectivity index is 0.00000300. The molecule has 0 aliphatic carbocycles. The van der Waals surface area contributed by atoms with Crippen LogP contribution in [0.3, 0.4) is 0 Å². The van der Waals surface area contributed by atoms with Gasteiger partial charge in [-0.2, -0.15) is 8.78 Å². The number of alkyl halides is 2. The van der Waals surface area contributed by atoms with E-state index in [2.05, 4.69) is 20.0 Å². The lowest BCUT2D eigenvalue weighted by atomic mass is 10.1. The molecule has 0 fully saturated rings. The van der Waals surface area contributed by atoms with Gasteiger partial charge in [-0.25, -0.2) is 18.7 Å². The number of ether oxygens (including phenoxy) is 1. The third-order valence-electron chi connectivity index (χ3n) is 3.90. The Morgan fingerprint density at radius 2 is 1.66 bits per heavy atom. The Kier molecular flexibility index (Phi) is 7.74. The average molecular weight is 429 g/mol. The first-order valence-corrected chi connectivity index (χ1v) is 8.24. The smallest absolute Gasteiger partial charge is 0.387 e. The Morgan fingerprint density at radius 3 is 2.28 bits per heavy atom. The third kappa shape index (κ3) is 5.78. The number of halogens is 5. The molecule has 0 aliphatic rings. The molecule has 5 nitrogen and oxygen atoms in total. The van der Waals surface area contributed by atoms with Crippen LogP contribution in [0, 0.1) is 11.6 Å². The standard InChI is InChI=1S/C19H16F4N4O.ClH/c20-13-6-12(7-14(21)18(13)28-19(22)23)16-8-17(27-10-26-16)25-9-15(24)11-4-2-1-3-5-11;/h1-8,10,15,19H,9,24H2,(H,25,26,27);1H/t15-;/m0./s1. The van der Waals surface area contributed by atoms with E-state index in [1.807, 2.05) is 30.3 Å². The molecule has 0 aliphatic heterocycles. The highest BCUT2D eigenvalue weighted by Gasteiger charge is 2.18. The highest BCUT2D eigenvalue weighted by Crippen LogP contribution is 2.29. The number of rotatable bonds is 7. The lowest BCUT2D eigenvalue weighted by Gasteiger charge is -2.14. The molecule has 29 heavy (non-hydrogen) atoms. The van der Waals surface area contributed by atoms with Gasteiger partial charge in [0, 0.05) is 24.2 Å². The van der Waals surface area contributed by atoms with E-state index in [1.165, 1.54) is 12.4 Å². The van der Waals surface area contributed by atoms with Gasteiger partial charge in [0.1, 0.15) is 12.1 Å². The van der Waals surface area contributed by atoms with Crippen molar-refractivity contribution in [1.82, 2.24) is 9.97 Å². The van der Waals surface area contributed by atoms with Crippen molar-refractivity contribution in [2.75, 3.05) is 11.9 Å². The minimum absolute atomic E-state index is 0. The summed E-state index contributed by atoms with van der Waals surface area (Å²) in [6, 6.07) is 12.3. The summed E-state index contributed by atoms with van der Waals surface area (Å²) in [6.45, 7) is -2.97. The molecule has 0 saturated carbocycles. The van der Waals surface area contributed by atoms with Gasteiger partial charge in [0.15, 0.2) is 17.4 Å². The molecular formula is C19H17ClF4N4O. The van der Waals surface area contributed by atoms with Gasteiger partial charge in [-0.3, -0.25) is 0 Å². The van der Waals surface area contributed by atoms with Crippen molar-refractivity contribution < 1.29 is 22.3 Å². The molecule has 154 valence electrons. The van der Waals surface area contributed by atoms with Crippen LogP contribution in [0.4, 0.5) is 23.4 Å². The van der Waals surface area contributed by atoms with Gasteiger partial charge in [-0.15, -0.1) is 12.4 Å². The number of hydrogen-bond acceptors (Lipinski definition) is 5. The van der Waals surface area contributed by atoms with Crippen LogP contribution in [-0.4, -0.2) is 23.1 Å². The lowest BCUT2D eigenvalue weighted by Crippen LogP contribution is -2.20. The van der Waals surface area contributed by atoms with E-state index in [1.54, 1.807) is 0 Å². The normalized spacial score (nSPS) is 11.7. The fourth-order valence-corrected chi connectivity index (χ4v) is 2.55. The van der Waals surface area contributed by atoms with Crippen molar-refractivity contribution >= 4 is 18.2 Å². The number of nitrogens with one attached hydrogen (secondary N) is 1. The second-order valence-corrected chi connectivity index (χ2v) is 5.83. The molecule has 1 heterocycles. The summed E-state index contributed by atoms with van der Waals surface area (Å²) in [5.74, 6) is -3.26. The van der Waals surface area contributed by atoms with Crippen molar-refractivity contribution in [1.29, 1.82) is 0 Å². The molecule has 1 atom stereocenters. The summed E-state index contributed by atoms with van der Waals surface area (Å²) in [6.07, 6.45) is 1.21. The van der Waals surface area contributed by atoms with Crippen LogP contribution in [0.1, 0.15) is 11.6 Å². The van der Waals surface area contributed by atoms with Crippen LogP contribution >= 0.6 is 12.4 Å². The highest BCUT2D eigenvalue weighted by atomic mass is 35.5. The number of nitrogens with two attached hydrogens (primary N) is 1. The molecular weight excluding hydrogens is 412 g/mol. The lowest BCUT2D eigenvalue weighted by molar-refractivity contribution is -0.0546. The maximum atomic E-state index is 13.9. The molecule has 3 rings (SSSR count). The van der Waals surface area contributed by atoms with E-state index in [4.69, 9.17) is 5.73 Å². The van der Waals surface area contributed by atoms with Gasteiger partial charge in [0.25, 0.3) is 0 Å². The predicted octanol–water partition coefficient (Wildman–Crippen LogP) is 4.56. The first-order valence-electron chi connectivity index (χ1n) is 8.24. The first-order chi connectivity index (χ1) is 13.4. The van der Waals surface area contributed by atoms with Crippen molar-refractivity contribution in [3.8, 4) is 17.0 Å². The van der Waals surface area contributed by atoms with Crippen LogP contribution in [0.15, 0.2) is 54.9 Å². The Morgan fingerprint density at radius 1 is 1.00 bits per heavy atom. The quantitative estimate of drug-likeness (QED) is 0.540. The minimum Gasteiger partial charge on any atom is -0.429 e. The summed E-state index contributed by atoms with van der Waals surface area (Å²) >= 11 is 0. The van der Waals surface area contributed by atoms with E-state index < -0.39 is 24.0 Å². The van der Waals surface area contributed by atoms with Gasteiger partial charge in [0.2, 0.25) is 0 Å². The summed E-state index contributed by atoms with van der Waals surface area (Å²) < 4.78 is 56.2. The number of anilines is 1. The molecule has 10 heteroatoms. The largest absolute Gasteiger partial charge is 0.429 e. The van der Waals surface area contributed by atoms with Crippen molar-refractivity contribution in [3.05, 3.63) is 72.1 Å². The van der Waals surface area contributed by atoms with Crippen LogP contribution in [-0.2, 0) is 0 Å². The summed E-state index contributed by atoms with van der Waals surface area (Å²) in [7, 11) is 0. The second kappa shape index (κ2) is 10.0. The molecule has 0 bridgehead atoms. The van der Waals surface area contributed by atoms with Crippen molar-refractivity contribution in [2.45, 2.75) is 12.7 Å². The van der Waals surface area contributed by atoms with E-state index in [9.17, 15) is 17.6 Å². The highest BCUT2D eigenvalue weighted by molar-refractivity contribution is 5.85. The predicted molar refractivity (Wildman–Crippen MR) is 103 cm³/mol. The third-order valence-corrected chi connectivity index (χ3v) is 3.90. The molecule has 0 spiro atoms. The Bertz CT molecular complexity index is 923. The summed E-state index contributed by atoms with van der Waals surface area (Å²) in [4.78, 5) is 8.01. The number of aromatic nitrogens is 2. The summed E-state index contributed by atoms with van der Waals surface area (Å²) in [5, 5.41) is 3.03. The Labute approximate surface area is 170 Å². The maximum absolute atomic E-state index is 13.9. The first kappa shape index (κ1) is 22.4. The van der Waals surface area contributed by atoms with Crippen molar-refractivity contribution in [2.24, 2.45) is 5.73 Å². The molecule has 2 aromatic carbocycles. The molecule has 0 amide bonds. The van der Waals surface area contributed by atoms with Gasteiger partial charge in [0.05, 0.1) is 5.69 Å². The zero-order valence-corrected chi connectivity index (χ0v) is 15.7. The number of hydrogen-bond donors (Lipinski definition) is 2. The molecule has 3 N–H and O–H groups in total. The number of nitrogens with zero attached hydrogens (tertiary/aromatic N) is 2. The fraction of sp³-hybridized carbons (Fsp3) is 0.158. The monoisotopic (exact) mass is 428 g/mol. The minimum atomic E-state index is -3.33. The fourth-order valence-electron chi connectivity index (χ4n) is 2.55. The van der Waals surface area contributed by atoms with Gasteiger partial charge in [-0.1, -0.05) is 30.3 Å². The van der Waals surface area contributed by atoms with Crippen molar-refractivity contribution in [3.63, 3.8) is 0 Å². The molecule has 0 saturated heterocycles. The SMILES string of the molecule is Cl.N[C@@H](CNc1cc(-c2cc(F)c(OC(F)F)c(F)c2)ncn1)c1ccccc1. The average Bonchev–Trinajstić information content (AvgIpc) is 2.69. The van der Waals surface area contributed by atoms with E-state index >= 15 is 0 Å². The maximum Gasteiger partial charge on any atom is 0.387 e. The Hall–Kier alpha value is -2.91. The van der Waals surface area contributed by atoms with E-state index in [0.29, 0.717) is 12.4 Å². The van der Waals surface area contributed by atoms with Crippen LogP contribution in [0.2, 0.25) is 0 Å². The van der Waals surface area contributed by atoms with Gasteiger partial charge < -0.3 is 15.8 Å². The van der Waals surface area contributed by atoms with E-state index in [0.717, 1.165) is 17.7 Å². The second-order valence-electron chi connectivity index (χ2n) is 5.83. The van der Waals surface area contributed by atoms with Crippen LogP contribution in [0.25, 0.3) is 11.3 Å². The zero-order chi connectivity index (χ0) is 20.1. The van der Waals surface area contributed by atoms with Gasteiger partial charge in [-0.05, 0) is 17.7 Å². The topological polar surface area (TPSA) is 73.1 Å². The molecule has 0 radical (unpaired) electrons. The molecule has 1 aromatic heterocycles. The van der Waals surface area contributed by atoms with Crippen LogP contribution < -0.4 is 15.8 Å². The summed E-state index contributed by atoms with van der Waals surface area (Å²) in [5.41, 5.74) is 7.29. The van der Waals surface area contributed by atoms with Crippen LogP contribution in [0.5, 0.6) is 5.75 Å². The van der Waals surface area contributed by atoms with Gasteiger partial charge >= 0.3 is 6.61 Å². The zero-order valence-electron chi connectivity index (χ0n) is 14.9. The van der Waals surface area contributed by atoms with E-state index in [-0.39, 0.29) is 29.7 Å². The number of benzene rings is 2.